The summed E-state index contributed by atoms with van der Waals surface area (Å²) in [4.78, 5) is 4.40. The van der Waals surface area contributed by atoms with E-state index in [4.69, 9.17) is 0 Å². The molecule has 0 amide bonds. The van der Waals surface area contributed by atoms with Gasteiger partial charge >= 0.3 is 0 Å². The number of nitrogens with zero attached hydrogens (tertiary/aromatic N) is 1. The van der Waals surface area contributed by atoms with Crippen LogP contribution in [-0.2, 0) is 6.42 Å². The van der Waals surface area contributed by atoms with Gasteiger partial charge in [0.15, 0.2) is 0 Å². The average Bonchev–Trinajstić information content (AvgIpc) is 2.22. The highest BCUT2D eigenvalue weighted by atomic mass is 16.3. The number of para-hydroxylation sites is 1. The highest BCUT2D eigenvalue weighted by molar-refractivity contribution is 5.34. The molecule has 0 atom stereocenters. The average molecular weight is 199 g/mol. The summed E-state index contributed by atoms with van der Waals surface area (Å²) in [5, 5.41) is 9.61. The summed E-state index contributed by atoms with van der Waals surface area (Å²) in [5.41, 5.74) is 2.90. The number of rotatable bonds is 2. The van der Waals surface area contributed by atoms with Crippen LogP contribution in [0.5, 0.6) is 5.75 Å². The molecule has 0 aliphatic heterocycles. The van der Waals surface area contributed by atoms with Crippen LogP contribution in [0, 0.1) is 6.92 Å². The summed E-state index contributed by atoms with van der Waals surface area (Å²) >= 11 is 0. The van der Waals surface area contributed by atoms with Crippen molar-refractivity contribution in [3.05, 3.63) is 59.4 Å². The van der Waals surface area contributed by atoms with Crippen LogP contribution in [0.1, 0.15) is 17.0 Å². The lowest BCUT2D eigenvalue weighted by molar-refractivity contribution is 0.469. The van der Waals surface area contributed by atoms with Crippen molar-refractivity contribution in [2.75, 3.05) is 0 Å². The second-order valence-corrected chi connectivity index (χ2v) is 3.58. The van der Waals surface area contributed by atoms with Gasteiger partial charge in [-0.2, -0.15) is 0 Å². The Balaban J connectivity index is 2.26. The number of phenolic OH excluding ortho intramolecular Hbond substituents is 1. The molecule has 0 saturated heterocycles. The Hall–Kier alpha value is -1.83. The van der Waals surface area contributed by atoms with Crippen LogP contribution in [0.15, 0.2) is 42.5 Å². The van der Waals surface area contributed by atoms with E-state index in [1.807, 2.05) is 43.3 Å². The maximum Gasteiger partial charge on any atom is 0.119 e. The fourth-order valence-electron chi connectivity index (χ4n) is 1.55. The lowest BCUT2D eigenvalue weighted by atomic mass is 10.1. The molecule has 1 aromatic carbocycles. The molecule has 1 aromatic heterocycles. The van der Waals surface area contributed by atoms with Crippen molar-refractivity contribution in [1.29, 1.82) is 0 Å². The Labute approximate surface area is 89.2 Å². The minimum atomic E-state index is 0.334. The standard InChI is InChI=1S/C13H13NO/c1-10-5-4-7-12(14-10)9-11-6-2-3-8-13(11)15/h2-8,15H,9H2,1H3. The summed E-state index contributed by atoms with van der Waals surface area (Å²) in [7, 11) is 0. The van der Waals surface area contributed by atoms with E-state index in [1.165, 1.54) is 0 Å². The first-order chi connectivity index (χ1) is 7.25. The van der Waals surface area contributed by atoms with E-state index in [2.05, 4.69) is 4.98 Å². The summed E-state index contributed by atoms with van der Waals surface area (Å²) in [5.74, 6) is 0.334. The third-order valence-corrected chi connectivity index (χ3v) is 2.31. The van der Waals surface area contributed by atoms with Crippen LogP contribution < -0.4 is 0 Å². The zero-order chi connectivity index (χ0) is 10.7. The smallest absolute Gasteiger partial charge is 0.119 e. The molecule has 0 aliphatic carbocycles. The van der Waals surface area contributed by atoms with E-state index < -0.39 is 0 Å². The van der Waals surface area contributed by atoms with Crippen LogP contribution in [0.2, 0.25) is 0 Å². The number of pyridine rings is 1. The second-order valence-electron chi connectivity index (χ2n) is 3.58. The van der Waals surface area contributed by atoms with Gasteiger partial charge in [-0.15, -0.1) is 0 Å². The van der Waals surface area contributed by atoms with Crippen molar-refractivity contribution >= 4 is 0 Å². The summed E-state index contributed by atoms with van der Waals surface area (Å²) in [6.45, 7) is 1.97. The first-order valence-corrected chi connectivity index (χ1v) is 4.95. The molecule has 0 spiro atoms. The first kappa shape index (κ1) is 9.71. The van der Waals surface area contributed by atoms with Crippen molar-refractivity contribution in [2.45, 2.75) is 13.3 Å². The molecule has 0 saturated carbocycles. The van der Waals surface area contributed by atoms with Crippen molar-refractivity contribution in [1.82, 2.24) is 4.98 Å². The number of aromatic nitrogens is 1. The van der Waals surface area contributed by atoms with Crippen molar-refractivity contribution < 1.29 is 5.11 Å². The molecular weight excluding hydrogens is 186 g/mol. The molecule has 0 fully saturated rings. The van der Waals surface area contributed by atoms with Gasteiger partial charge in [-0.1, -0.05) is 24.3 Å². The van der Waals surface area contributed by atoms with Crippen LogP contribution in [0.3, 0.4) is 0 Å². The van der Waals surface area contributed by atoms with Gasteiger partial charge in [0.25, 0.3) is 0 Å². The van der Waals surface area contributed by atoms with Gasteiger partial charge < -0.3 is 5.11 Å². The largest absolute Gasteiger partial charge is 0.508 e. The monoisotopic (exact) mass is 199 g/mol. The summed E-state index contributed by atoms with van der Waals surface area (Å²) in [6.07, 6.45) is 0.675. The third kappa shape index (κ3) is 2.34. The fraction of sp³-hybridized carbons (Fsp3) is 0.154. The highest BCUT2D eigenvalue weighted by Crippen LogP contribution is 2.18. The third-order valence-electron chi connectivity index (χ3n) is 2.31. The number of phenols is 1. The van der Waals surface area contributed by atoms with Crippen LogP contribution in [0.25, 0.3) is 0 Å². The van der Waals surface area contributed by atoms with E-state index >= 15 is 0 Å². The molecule has 2 heteroatoms. The first-order valence-electron chi connectivity index (χ1n) is 4.95. The van der Waals surface area contributed by atoms with E-state index in [0.29, 0.717) is 12.2 Å². The van der Waals surface area contributed by atoms with Gasteiger partial charge in [0, 0.05) is 17.8 Å². The van der Waals surface area contributed by atoms with E-state index in [0.717, 1.165) is 17.0 Å². The van der Waals surface area contributed by atoms with Crippen LogP contribution >= 0.6 is 0 Å². The van der Waals surface area contributed by atoms with Gasteiger partial charge in [0.2, 0.25) is 0 Å². The van der Waals surface area contributed by atoms with Crippen molar-refractivity contribution in [3.8, 4) is 5.75 Å². The number of hydrogen-bond donors (Lipinski definition) is 1. The summed E-state index contributed by atoms with van der Waals surface area (Å²) < 4.78 is 0. The predicted molar refractivity (Wildman–Crippen MR) is 59.9 cm³/mol. The second kappa shape index (κ2) is 4.13. The number of hydrogen-bond acceptors (Lipinski definition) is 2. The Morgan fingerprint density at radius 3 is 2.60 bits per heavy atom. The Morgan fingerprint density at radius 2 is 1.87 bits per heavy atom. The molecule has 15 heavy (non-hydrogen) atoms. The minimum Gasteiger partial charge on any atom is -0.508 e. The zero-order valence-electron chi connectivity index (χ0n) is 8.64. The van der Waals surface area contributed by atoms with Gasteiger partial charge in [-0.3, -0.25) is 4.98 Å². The van der Waals surface area contributed by atoms with Gasteiger partial charge in [0.1, 0.15) is 5.75 Å². The summed E-state index contributed by atoms with van der Waals surface area (Å²) in [6, 6.07) is 13.3. The van der Waals surface area contributed by atoms with Gasteiger partial charge in [-0.25, -0.2) is 0 Å². The van der Waals surface area contributed by atoms with E-state index in [-0.39, 0.29) is 0 Å². The number of benzene rings is 1. The quantitative estimate of drug-likeness (QED) is 0.806. The normalized spacial score (nSPS) is 10.2. The minimum absolute atomic E-state index is 0.334. The molecule has 0 bridgehead atoms. The molecule has 0 unspecified atom stereocenters. The SMILES string of the molecule is Cc1cccc(Cc2ccccc2O)n1. The van der Waals surface area contributed by atoms with Gasteiger partial charge in [-0.05, 0) is 30.7 Å². The topological polar surface area (TPSA) is 33.1 Å². The van der Waals surface area contributed by atoms with Crippen LogP contribution in [-0.4, -0.2) is 10.1 Å². The van der Waals surface area contributed by atoms with E-state index in [9.17, 15) is 5.11 Å². The lowest BCUT2D eigenvalue weighted by Gasteiger charge is -2.04. The maximum absolute atomic E-state index is 9.61. The molecule has 0 radical (unpaired) electrons. The zero-order valence-corrected chi connectivity index (χ0v) is 8.64. The van der Waals surface area contributed by atoms with Crippen molar-refractivity contribution in [3.63, 3.8) is 0 Å². The molecule has 1 N–H and O–H groups in total. The fourth-order valence-corrected chi connectivity index (χ4v) is 1.55. The van der Waals surface area contributed by atoms with E-state index in [1.54, 1.807) is 6.07 Å². The Kier molecular flexibility index (Phi) is 2.68. The molecule has 0 aliphatic rings. The predicted octanol–water partition coefficient (Wildman–Crippen LogP) is 2.69. The molecule has 2 nitrogen and oxygen atoms in total. The molecule has 2 aromatic rings. The lowest BCUT2D eigenvalue weighted by Crippen LogP contribution is -1.93. The van der Waals surface area contributed by atoms with Crippen LogP contribution in [0.4, 0.5) is 0 Å². The number of aromatic hydroxyl groups is 1. The van der Waals surface area contributed by atoms with Gasteiger partial charge in [0.05, 0.1) is 0 Å². The molecule has 2 rings (SSSR count). The maximum atomic E-state index is 9.61. The molecule has 76 valence electrons. The van der Waals surface area contributed by atoms with Crippen molar-refractivity contribution in [2.24, 2.45) is 0 Å². The Bertz CT molecular complexity index is 466. The molecular formula is C13H13NO. The Morgan fingerprint density at radius 1 is 1.07 bits per heavy atom. The molecule has 1 heterocycles. The highest BCUT2D eigenvalue weighted by Gasteiger charge is 2.02. The number of aryl methyl sites for hydroxylation is 1.